The number of benzene rings is 2. The first-order chi connectivity index (χ1) is 13.8. The van der Waals surface area contributed by atoms with Crippen LogP contribution in [0.25, 0.3) is 0 Å². The average Bonchev–Trinajstić information content (AvgIpc) is 2.79. The largest absolute Gasteiger partial charge is 0.368 e. The zero-order chi connectivity index (χ0) is 19.2. The van der Waals surface area contributed by atoms with Crippen LogP contribution in [-0.4, -0.2) is 42.0 Å². The summed E-state index contributed by atoms with van der Waals surface area (Å²) in [6.45, 7) is 3.19. The van der Waals surface area contributed by atoms with Crippen LogP contribution in [0.15, 0.2) is 79.1 Å². The molecule has 0 spiro atoms. The van der Waals surface area contributed by atoms with Crippen LogP contribution < -0.4 is 4.90 Å². The fourth-order valence-corrected chi connectivity index (χ4v) is 3.76. The number of piperazine rings is 1. The number of nitrogens with zero attached hydrogens (tertiary/aromatic N) is 3. The number of pyridine rings is 1. The van der Waals surface area contributed by atoms with Gasteiger partial charge in [-0.15, -0.1) is 0 Å². The van der Waals surface area contributed by atoms with Crippen molar-refractivity contribution < 1.29 is 4.79 Å². The van der Waals surface area contributed by atoms with Crippen LogP contribution in [0.3, 0.4) is 0 Å². The van der Waals surface area contributed by atoms with Crippen LogP contribution in [0.5, 0.6) is 0 Å². The summed E-state index contributed by atoms with van der Waals surface area (Å²) in [5.74, 6) is 0.151. The van der Waals surface area contributed by atoms with Crippen molar-refractivity contribution in [3.63, 3.8) is 0 Å². The minimum atomic E-state index is 0.151. The number of aryl methyl sites for hydroxylation is 2. The van der Waals surface area contributed by atoms with E-state index in [-0.39, 0.29) is 5.91 Å². The third-order valence-electron chi connectivity index (χ3n) is 5.37. The van der Waals surface area contributed by atoms with Crippen molar-refractivity contribution in [2.75, 3.05) is 31.1 Å². The van der Waals surface area contributed by atoms with Crippen molar-refractivity contribution in [1.82, 2.24) is 9.88 Å². The Labute approximate surface area is 166 Å². The summed E-state index contributed by atoms with van der Waals surface area (Å²) in [6.07, 6.45) is 5.45. The lowest BCUT2D eigenvalue weighted by Gasteiger charge is -2.36. The summed E-state index contributed by atoms with van der Waals surface area (Å²) in [5, 5.41) is 0. The van der Waals surface area contributed by atoms with Crippen molar-refractivity contribution in [2.45, 2.75) is 12.8 Å². The molecule has 4 heteroatoms. The van der Waals surface area contributed by atoms with Gasteiger partial charge in [0.2, 0.25) is 0 Å². The Morgan fingerprint density at radius 3 is 2.21 bits per heavy atom. The summed E-state index contributed by atoms with van der Waals surface area (Å²) in [7, 11) is 0. The highest BCUT2D eigenvalue weighted by molar-refractivity contribution is 5.95. The molecule has 2 aromatic carbocycles. The van der Waals surface area contributed by atoms with Gasteiger partial charge in [0.25, 0.3) is 5.91 Å². The molecule has 1 aromatic heterocycles. The molecule has 0 aliphatic carbocycles. The molecule has 3 aromatic rings. The van der Waals surface area contributed by atoms with Crippen molar-refractivity contribution >= 4 is 11.6 Å². The van der Waals surface area contributed by atoms with Crippen LogP contribution >= 0.6 is 0 Å². The second kappa shape index (κ2) is 8.70. The van der Waals surface area contributed by atoms with Gasteiger partial charge in [-0.05, 0) is 42.2 Å². The van der Waals surface area contributed by atoms with Crippen molar-refractivity contribution in [3.8, 4) is 0 Å². The molecule has 0 saturated carbocycles. The van der Waals surface area contributed by atoms with Gasteiger partial charge in [0.1, 0.15) is 0 Å². The van der Waals surface area contributed by atoms with Crippen LogP contribution in [0.4, 0.5) is 5.69 Å². The van der Waals surface area contributed by atoms with Gasteiger partial charge in [0, 0.05) is 49.8 Å². The molecule has 0 radical (unpaired) electrons. The summed E-state index contributed by atoms with van der Waals surface area (Å²) >= 11 is 0. The van der Waals surface area contributed by atoms with E-state index in [1.807, 2.05) is 53.7 Å². The van der Waals surface area contributed by atoms with E-state index in [4.69, 9.17) is 0 Å². The number of rotatable bonds is 5. The van der Waals surface area contributed by atoms with Crippen molar-refractivity contribution in [1.29, 1.82) is 0 Å². The van der Waals surface area contributed by atoms with Crippen molar-refractivity contribution in [2.24, 2.45) is 0 Å². The van der Waals surface area contributed by atoms with Gasteiger partial charge in [-0.25, -0.2) is 0 Å². The molecule has 1 saturated heterocycles. The SMILES string of the molecule is O=C(c1ccccc1CCc1ccccc1)N1CCN(c2ccncc2)CC1. The first-order valence-electron chi connectivity index (χ1n) is 9.87. The topological polar surface area (TPSA) is 36.4 Å². The standard InChI is InChI=1S/C24H25N3O/c28-24(27-18-16-26(17-19-27)22-12-14-25-15-13-22)23-9-5-4-8-21(23)11-10-20-6-2-1-3-7-20/h1-9,12-15H,10-11,16-19H2. The van der Waals surface area contributed by atoms with Crippen LogP contribution in [0.1, 0.15) is 21.5 Å². The van der Waals surface area contributed by atoms with E-state index >= 15 is 0 Å². The Hall–Kier alpha value is -3.14. The lowest BCUT2D eigenvalue weighted by molar-refractivity contribution is 0.0745. The highest BCUT2D eigenvalue weighted by Crippen LogP contribution is 2.19. The number of carbonyl (C=O) groups is 1. The van der Waals surface area contributed by atoms with E-state index < -0.39 is 0 Å². The van der Waals surface area contributed by atoms with E-state index in [0.29, 0.717) is 0 Å². The van der Waals surface area contributed by atoms with Crippen molar-refractivity contribution in [3.05, 3.63) is 95.8 Å². The molecule has 0 bridgehead atoms. The van der Waals surface area contributed by atoms with Gasteiger partial charge >= 0.3 is 0 Å². The number of anilines is 1. The normalized spacial score (nSPS) is 14.1. The maximum Gasteiger partial charge on any atom is 0.254 e. The van der Waals surface area contributed by atoms with Crippen LogP contribution in [0, 0.1) is 0 Å². The summed E-state index contributed by atoms with van der Waals surface area (Å²) in [6, 6.07) is 22.5. The molecule has 4 nitrogen and oxygen atoms in total. The van der Waals surface area contributed by atoms with E-state index in [9.17, 15) is 4.79 Å². The number of amides is 1. The minimum absolute atomic E-state index is 0.151. The molecule has 1 amide bonds. The van der Waals surface area contributed by atoms with Crippen LogP contribution in [-0.2, 0) is 12.8 Å². The van der Waals surface area contributed by atoms with Gasteiger partial charge in [-0.2, -0.15) is 0 Å². The van der Waals surface area contributed by atoms with Gasteiger partial charge in [0.15, 0.2) is 0 Å². The first-order valence-corrected chi connectivity index (χ1v) is 9.87. The zero-order valence-electron chi connectivity index (χ0n) is 16.0. The quantitative estimate of drug-likeness (QED) is 0.684. The highest BCUT2D eigenvalue weighted by atomic mass is 16.2. The Balaban J connectivity index is 1.41. The number of hydrogen-bond acceptors (Lipinski definition) is 3. The molecule has 1 aliphatic heterocycles. The monoisotopic (exact) mass is 371 g/mol. The molecule has 1 aliphatic rings. The van der Waals surface area contributed by atoms with E-state index in [1.165, 1.54) is 11.3 Å². The summed E-state index contributed by atoms with van der Waals surface area (Å²) < 4.78 is 0. The highest BCUT2D eigenvalue weighted by Gasteiger charge is 2.23. The molecule has 0 unspecified atom stereocenters. The molecule has 0 atom stereocenters. The Morgan fingerprint density at radius 2 is 1.46 bits per heavy atom. The zero-order valence-corrected chi connectivity index (χ0v) is 16.0. The smallest absolute Gasteiger partial charge is 0.254 e. The molecular formula is C24H25N3O. The summed E-state index contributed by atoms with van der Waals surface area (Å²) in [5.41, 5.74) is 4.45. The second-order valence-electron chi connectivity index (χ2n) is 7.13. The Kier molecular flexibility index (Phi) is 5.66. The average molecular weight is 371 g/mol. The second-order valence-corrected chi connectivity index (χ2v) is 7.13. The number of carbonyl (C=O) groups excluding carboxylic acids is 1. The molecule has 28 heavy (non-hydrogen) atoms. The fourth-order valence-electron chi connectivity index (χ4n) is 3.76. The van der Waals surface area contributed by atoms with Gasteiger partial charge in [-0.3, -0.25) is 9.78 Å². The van der Waals surface area contributed by atoms with Gasteiger partial charge in [-0.1, -0.05) is 48.5 Å². The summed E-state index contributed by atoms with van der Waals surface area (Å²) in [4.78, 5) is 21.6. The molecule has 2 heterocycles. The Bertz CT molecular complexity index is 903. The molecule has 0 N–H and O–H groups in total. The fraction of sp³-hybridized carbons (Fsp3) is 0.250. The van der Waals surface area contributed by atoms with Gasteiger partial charge in [0.05, 0.1) is 0 Å². The van der Waals surface area contributed by atoms with Gasteiger partial charge < -0.3 is 9.80 Å². The number of hydrogen-bond donors (Lipinski definition) is 0. The molecule has 142 valence electrons. The maximum atomic E-state index is 13.2. The Morgan fingerprint density at radius 1 is 0.786 bits per heavy atom. The molecular weight excluding hydrogens is 346 g/mol. The molecule has 4 rings (SSSR count). The van der Waals surface area contributed by atoms with E-state index in [2.05, 4.69) is 40.2 Å². The minimum Gasteiger partial charge on any atom is -0.368 e. The predicted molar refractivity (Wildman–Crippen MR) is 113 cm³/mol. The lowest BCUT2D eigenvalue weighted by atomic mass is 9.99. The predicted octanol–water partition coefficient (Wildman–Crippen LogP) is 3.83. The number of aromatic nitrogens is 1. The molecule has 1 fully saturated rings. The van der Waals surface area contributed by atoms with E-state index in [0.717, 1.165) is 50.1 Å². The third kappa shape index (κ3) is 4.22. The first kappa shape index (κ1) is 18.2. The maximum absolute atomic E-state index is 13.2. The lowest BCUT2D eigenvalue weighted by Crippen LogP contribution is -2.49. The van der Waals surface area contributed by atoms with Crippen LogP contribution in [0.2, 0.25) is 0 Å². The van der Waals surface area contributed by atoms with E-state index in [1.54, 1.807) is 0 Å². The third-order valence-corrected chi connectivity index (χ3v) is 5.37.